The molecule has 5 rings (SSSR count). The number of carbonyl (C=O) groups excluding carboxylic acids is 1. The van der Waals surface area contributed by atoms with Crippen molar-refractivity contribution in [1.29, 1.82) is 0 Å². The Morgan fingerprint density at radius 2 is 1.65 bits per heavy atom. The molecule has 2 aromatic carbocycles. The lowest BCUT2D eigenvalue weighted by molar-refractivity contribution is -0.121. The Balaban J connectivity index is 1.39. The highest BCUT2D eigenvalue weighted by atomic mass is 16.1. The largest absolute Gasteiger partial charge is 0.353 e. The van der Waals surface area contributed by atoms with Gasteiger partial charge in [-0.25, -0.2) is 0 Å². The fraction of sp³-hybridized carbons (Fsp3) is 0.516. The second-order valence-corrected chi connectivity index (χ2v) is 10.8. The highest BCUT2D eigenvalue weighted by molar-refractivity contribution is 5.89. The van der Waals surface area contributed by atoms with Crippen LogP contribution in [0.15, 0.2) is 48.7 Å². The summed E-state index contributed by atoms with van der Waals surface area (Å²) in [7, 11) is 0. The van der Waals surface area contributed by atoms with Crippen LogP contribution in [0.25, 0.3) is 22.0 Å². The average molecular weight is 457 g/mol. The van der Waals surface area contributed by atoms with E-state index in [1.54, 1.807) is 0 Å². The third kappa shape index (κ3) is 5.56. The number of nitrogens with zero attached hydrogens (tertiary/aromatic N) is 1. The first-order chi connectivity index (χ1) is 16.7. The topological polar surface area (TPSA) is 34.0 Å². The van der Waals surface area contributed by atoms with Crippen LogP contribution in [0.5, 0.6) is 0 Å². The Morgan fingerprint density at radius 1 is 0.912 bits per heavy atom. The molecule has 0 unspecified atom stereocenters. The quantitative estimate of drug-likeness (QED) is 0.391. The van der Waals surface area contributed by atoms with Crippen molar-refractivity contribution in [2.75, 3.05) is 0 Å². The molecule has 2 aliphatic carbocycles. The Hall–Kier alpha value is -2.55. The number of benzene rings is 2. The van der Waals surface area contributed by atoms with Gasteiger partial charge in [0, 0.05) is 36.1 Å². The van der Waals surface area contributed by atoms with Gasteiger partial charge >= 0.3 is 0 Å². The van der Waals surface area contributed by atoms with Crippen molar-refractivity contribution in [2.24, 2.45) is 5.92 Å². The normalized spacial score (nSPS) is 17.8. The molecule has 0 radical (unpaired) electrons. The Bertz CT molecular complexity index is 1120. The maximum Gasteiger partial charge on any atom is 0.220 e. The van der Waals surface area contributed by atoms with Crippen molar-refractivity contribution >= 4 is 16.8 Å². The number of aromatic nitrogens is 1. The first kappa shape index (κ1) is 23.2. The molecule has 2 fully saturated rings. The molecule has 1 aromatic heterocycles. The minimum atomic E-state index is 0.218. The van der Waals surface area contributed by atoms with Crippen molar-refractivity contribution in [1.82, 2.24) is 9.88 Å². The van der Waals surface area contributed by atoms with Gasteiger partial charge in [0.15, 0.2) is 0 Å². The van der Waals surface area contributed by atoms with Gasteiger partial charge in [0.2, 0.25) is 5.91 Å². The molecule has 3 nitrogen and oxygen atoms in total. The van der Waals surface area contributed by atoms with Crippen LogP contribution in [0, 0.1) is 12.8 Å². The van der Waals surface area contributed by atoms with Gasteiger partial charge in [0.1, 0.15) is 0 Å². The molecule has 3 aromatic rings. The summed E-state index contributed by atoms with van der Waals surface area (Å²) in [5.74, 6) is 0.998. The molecule has 1 N–H and O–H groups in total. The predicted octanol–water partition coefficient (Wildman–Crippen LogP) is 7.58. The van der Waals surface area contributed by atoms with Gasteiger partial charge in [-0.1, -0.05) is 74.4 Å². The zero-order valence-electron chi connectivity index (χ0n) is 20.8. The van der Waals surface area contributed by atoms with Gasteiger partial charge in [-0.15, -0.1) is 0 Å². The summed E-state index contributed by atoms with van der Waals surface area (Å²) in [6.07, 6.45) is 16.7. The van der Waals surface area contributed by atoms with Crippen LogP contribution >= 0.6 is 0 Å². The number of hydrogen-bond donors (Lipinski definition) is 1. The molecule has 0 saturated heterocycles. The summed E-state index contributed by atoms with van der Waals surface area (Å²) in [6.45, 7) is 3.26. The van der Waals surface area contributed by atoms with E-state index < -0.39 is 0 Å². The van der Waals surface area contributed by atoms with Crippen LogP contribution in [0.3, 0.4) is 0 Å². The number of amides is 1. The van der Waals surface area contributed by atoms with E-state index in [1.807, 2.05) is 0 Å². The summed E-state index contributed by atoms with van der Waals surface area (Å²) in [6, 6.07) is 16.1. The van der Waals surface area contributed by atoms with E-state index in [0.29, 0.717) is 12.5 Å². The van der Waals surface area contributed by atoms with Gasteiger partial charge in [0.05, 0.1) is 0 Å². The number of carbonyl (C=O) groups is 1. The monoisotopic (exact) mass is 456 g/mol. The molecule has 0 spiro atoms. The Labute approximate surface area is 204 Å². The SMILES string of the molecule is Cc1cccc(-c2ccc3c(c2)c(CCC(=O)NC2CCCCC2)cn3CC2CCCCC2)c1. The van der Waals surface area contributed by atoms with Crippen LogP contribution in [0.2, 0.25) is 0 Å². The maximum absolute atomic E-state index is 12.8. The average Bonchev–Trinajstić information content (AvgIpc) is 3.20. The van der Waals surface area contributed by atoms with E-state index in [4.69, 9.17) is 0 Å². The molecular weight excluding hydrogens is 416 g/mol. The zero-order valence-corrected chi connectivity index (χ0v) is 20.8. The van der Waals surface area contributed by atoms with Gasteiger partial charge in [-0.3, -0.25) is 4.79 Å². The molecule has 2 aliphatic rings. The minimum Gasteiger partial charge on any atom is -0.353 e. The van der Waals surface area contributed by atoms with Crippen LogP contribution in [-0.2, 0) is 17.8 Å². The summed E-state index contributed by atoms with van der Waals surface area (Å²) in [4.78, 5) is 12.8. The molecule has 34 heavy (non-hydrogen) atoms. The number of rotatable bonds is 7. The summed E-state index contributed by atoms with van der Waals surface area (Å²) in [5, 5.41) is 4.63. The summed E-state index contributed by atoms with van der Waals surface area (Å²) < 4.78 is 2.49. The minimum absolute atomic E-state index is 0.218. The van der Waals surface area contributed by atoms with Crippen LogP contribution in [0.4, 0.5) is 0 Å². The lowest BCUT2D eigenvalue weighted by Crippen LogP contribution is -2.36. The standard InChI is InChI=1S/C31H40N2O/c1-23-9-8-12-25(19-23)26-15-17-30-29(20-26)27(22-33(30)21-24-10-4-2-5-11-24)16-18-31(34)32-28-13-6-3-7-14-28/h8-9,12,15,17,19-20,22,24,28H,2-7,10-11,13-14,16,18,21H2,1H3,(H,32,34). The third-order valence-corrected chi connectivity index (χ3v) is 8.09. The highest BCUT2D eigenvalue weighted by Crippen LogP contribution is 2.32. The van der Waals surface area contributed by atoms with Crippen molar-refractivity contribution in [3.8, 4) is 11.1 Å². The highest BCUT2D eigenvalue weighted by Gasteiger charge is 2.19. The second-order valence-electron chi connectivity index (χ2n) is 10.8. The fourth-order valence-corrected chi connectivity index (χ4v) is 6.17. The zero-order chi connectivity index (χ0) is 23.3. The van der Waals surface area contributed by atoms with E-state index in [1.165, 1.54) is 84.5 Å². The Morgan fingerprint density at radius 3 is 2.41 bits per heavy atom. The predicted molar refractivity (Wildman–Crippen MR) is 142 cm³/mol. The number of nitrogens with one attached hydrogen (secondary N) is 1. The van der Waals surface area contributed by atoms with Gasteiger partial charge < -0.3 is 9.88 Å². The number of fused-ring (bicyclic) bond motifs is 1. The van der Waals surface area contributed by atoms with Crippen LogP contribution in [-0.4, -0.2) is 16.5 Å². The lowest BCUT2D eigenvalue weighted by Gasteiger charge is -2.22. The van der Waals surface area contributed by atoms with Gasteiger partial charge in [0.25, 0.3) is 0 Å². The molecule has 1 amide bonds. The third-order valence-electron chi connectivity index (χ3n) is 8.09. The molecule has 180 valence electrons. The van der Waals surface area contributed by atoms with E-state index in [2.05, 4.69) is 65.5 Å². The molecule has 0 atom stereocenters. The van der Waals surface area contributed by atoms with E-state index in [9.17, 15) is 4.79 Å². The molecule has 0 bridgehead atoms. The Kier molecular flexibility index (Phi) is 7.37. The molecular formula is C31H40N2O. The first-order valence-electron chi connectivity index (χ1n) is 13.6. The molecule has 3 heteroatoms. The summed E-state index contributed by atoms with van der Waals surface area (Å²) >= 11 is 0. The lowest BCUT2D eigenvalue weighted by atomic mass is 9.89. The first-order valence-corrected chi connectivity index (χ1v) is 13.6. The van der Waals surface area contributed by atoms with Crippen LogP contribution in [0.1, 0.15) is 81.8 Å². The molecule has 1 heterocycles. The van der Waals surface area contributed by atoms with Crippen LogP contribution < -0.4 is 5.32 Å². The smallest absolute Gasteiger partial charge is 0.220 e. The second kappa shape index (κ2) is 10.8. The fourth-order valence-electron chi connectivity index (χ4n) is 6.17. The number of hydrogen-bond acceptors (Lipinski definition) is 1. The van der Waals surface area contributed by atoms with E-state index in [0.717, 1.165) is 31.7 Å². The van der Waals surface area contributed by atoms with Gasteiger partial charge in [-0.05, 0) is 73.8 Å². The summed E-state index contributed by atoms with van der Waals surface area (Å²) in [5.41, 5.74) is 6.46. The van der Waals surface area contributed by atoms with Crippen molar-refractivity contribution < 1.29 is 4.79 Å². The van der Waals surface area contributed by atoms with E-state index >= 15 is 0 Å². The molecule has 0 aliphatic heterocycles. The van der Waals surface area contributed by atoms with Crippen molar-refractivity contribution in [2.45, 2.75) is 96.6 Å². The maximum atomic E-state index is 12.8. The van der Waals surface area contributed by atoms with Crippen molar-refractivity contribution in [3.05, 3.63) is 59.8 Å². The van der Waals surface area contributed by atoms with E-state index in [-0.39, 0.29) is 5.91 Å². The number of aryl methyl sites for hydroxylation is 2. The molecule has 2 saturated carbocycles. The van der Waals surface area contributed by atoms with Crippen molar-refractivity contribution in [3.63, 3.8) is 0 Å². The van der Waals surface area contributed by atoms with Gasteiger partial charge in [-0.2, -0.15) is 0 Å².